The first-order valence-electron chi connectivity index (χ1n) is 6.67. The van der Waals surface area contributed by atoms with Gasteiger partial charge < -0.3 is 10.1 Å². The SMILES string of the molecule is CCCNC(Cc1ccsc1)C(CC)OCC. The van der Waals surface area contributed by atoms with E-state index in [0.717, 1.165) is 26.0 Å². The lowest BCUT2D eigenvalue weighted by molar-refractivity contribution is 0.0320. The predicted molar refractivity (Wildman–Crippen MR) is 75.8 cm³/mol. The molecule has 0 amide bonds. The zero-order valence-electron chi connectivity index (χ0n) is 11.2. The van der Waals surface area contributed by atoms with Crippen molar-refractivity contribution in [3.05, 3.63) is 22.4 Å². The van der Waals surface area contributed by atoms with Crippen LogP contribution < -0.4 is 5.32 Å². The molecule has 1 aromatic rings. The van der Waals surface area contributed by atoms with E-state index in [9.17, 15) is 0 Å². The molecule has 0 spiro atoms. The molecule has 17 heavy (non-hydrogen) atoms. The highest BCUT2D eigenvalue weighted by molar-refractivity contribution is 7.07. The van der Waals surface area contributed by atoms with Crippen molar-refractivity contribution in [1.29, 1.82) is 0 Å². The summed E-state index contributed by atoms with van der Waals surface area (Å²) in [6.07, 6.45) is 3.64. The van der Waals surface area contributed by atoms with Crippen LogP contribution in [0.25, 0.3) is 0 Å². The molecule has 3 heteroatoms. The molecule has 0 aliphatic rings. The molecule has 1 aromatic heterocycles. The molecular weight excluding hydrogens is 230 g/mol. The van der Waals surface area contributed by atoms with E-state index < -0.39 is 0 Å². The fraction of sp³-hybridized carbons (Fsp3) is 0.714. The Labute approximate surface area is 109 Å². The predicted octanol–water partition coefficient (Wildman–Crippen LogP) is 3.47. The van der Waals surface area contributed by atoms with Crippen molar-refractivity contribution in [2.45, 2.75) is 52.2 Å². The summed E-state index contributed by atoms with van der Waals surface area (Å²) in [6.45, 7) is 8.35. The van der Waals surface area contributed by atoms with Crippen LogP contribution in [0.2, 0.25) is 0 Å². The average Bonchev–Trinajstić information content (AvgIpc) is 2.84. The van der Waals surface area contributed by atoms with Crippen molar-refractivity contribution < 1.29 is 4.74 Å². The third kappa shape index (κ3) is 5.19. The quantitative estimate of drug-likeness (QED) is 0.729. The lowest BCUT2D eigenvalue weighted by Crippen LogP contribution is -2.43. The number of rotatable bonds is 9. The van der Waals surface area contributed by atoms with E-state index in [1.54, 1.807) is 11.3 Å². The van der Waals surface area contributed by atoms with Gasteiger partial charge in [0.1, 0.15) is 0 Å². The lowest BCUT2D eigenvalue weighted by Gasteiger charge is -2.27. The molecule has 0 bridgehead atoms. The smallest absolute Gasteiger partial charge is 0.0728 e. The second-order valence-electron chi connectivity index (χ2n) is 4.30. The molecule has 2 nitrogen and oxygen atoms in total. The van der Waals surface area contributed by atoms with Crippen LogP contribution >= 0.6 is 11.3 Å². The maximum atomic E-state index is 5.84. The first-order chi connectivity index (χ1) is 8.31. The molecule has 1 rings (SSSR count). The summed E-state index contributed by atoms with van der Waals surface area (Å²) in [7, 11) is 0. The zero-order chi connectivity index (χ0) is 12.5. The van der Waals surface area contributed by atoms with Crippen LogP contribution in [0, 0.1) is 0 Å². The van der Waals surface area contributed by atoms with E-state index in [1.165, 1.54) is 12.0 Å². The molecule has 0 saturated carbocycles. The Balaban J connectivity index is 2.57. The molecule has 0 fully saturated rings. The molecule has 2 atom stereocenters. The average molecular weight is 255 g/mol. The van der Waals surface area contributed by atoms with Crippen molar-refractivity contribution in [2.24, 2.45) is 0 Å². The Bertz CT molecular complexity index is 274. The molecule has 0 aromatic carbocycles. The third-order valence-electron chi connectivity index (χ3n) is 2.92. The maximum Gasteiger partial charge on any atom is 0.0728 e. The fourth-order valence-corrected chi connectivity index (χ4v) is 2.74. The van der Waals surface area contributed by atoms with E-state index in [-0.39, 0.29) is 0 Å². The van der Waals surface area contributed by atoms with Gasteiger partial charge in [-0.15, -0.1) is 0 Å². The second-order valence-corrected chi connectivity index (χ2v) is 5.08. The first-order valence-corrected chi connectivity index (χ1v) is 7.62. The molecular formula is C14H25NOS. The van der Waals surface area contributed by atoms with Crippen molar-refractivity contribution in [3.8, 4) is 0 Å². The Hall–Kier alpha value is -0.380. The topological polar surface area (TPSA) is 21.3 Å². The first kappa shape index (κ1) is 14.7. The van der Waals surface area contributed by atoms with E-state index in [1.807, 2.05) is 0 Å². The molecule has 0 aliphatic heterocycles. The number of nitrogens with one attached hydrogen (secondary N) is 1. The molecule has 1 N–H and O–H groups in total. The van der Waals surface area contributed by atoms with Crippen LogP contribution in [0.3, 0.4) is 0 Å². The minimum Gasteiger partial charge on any atom is -0.377 e. The standard InChI is InChI=1S/C14H25NOS/c1-4-8-15-13(14(5-2)16-6-3)10-12-7-9-17-11-12/h7,9,11,13-15H,4-6,8,10H2,1-3H3. The number of hydrogen-bond donors (Lipinski definition) is 1. The van der Waals surface area contributed by atoms with E-state index >= 15 is 0 Å². The molecule has 0 saturated heterocycles. The van der Waals surface area contributed by atoms with E-state index in [0.29, 0.717) is 12.1 Å². The fourth-order valence-electron chi connectivity index (χ4n) is 2.06. The maximum absolute atomic E-state index is 5.84. The zero-order valence-corrected chi connectivity index (χ0v) is 12.1. The largest absolute Gasteiger partial charge is 0.377 e. The van der Waals surface area contributed by atoms with Gasteiger partial charge in [0, 0.05) is 12.6 Å². The van der Waals surface area contributed by atoms with Crippen LogP contribution in [0.4, 0.5) is 0 Å². The van der Waals surface area contributed by atoms with Crippen LogP contribution in [0.5, 0.6) is 0 Å². The summed E-state index contributed by atoms with van der Waals surface area (Å²) in [5, 5.41) is 8.01. The van der Waals surface area contributed by atoms with Crippen molar-refractivity contribution >= 4 is 11.3 Å². The Morgan fingerprint density at radius 2 is 2.18 bits per heavy atom. The second kappa shape index (κ2) is 8.67. The number of hydrogen-bond acceptors (Lipinski definition) is 3. The minimum atomic E-state index is 0.325. The third-order valence-corrected chi connectivity index (χ3v) is 3.66. The van der Waals surface area contributed by atoms with Crippen LogP contribution in [-0.2, 0) is 11.2 Å². The molecule has 1 heterocycles. The van der Waals surface area contributed by atoms with Gasteiger partial charge in [0.2, 0.25) is 0 Å². The normalized spacial score (nSPS) is 14.8. The van der Waals surface area contributed by atoms with Crippen LogP contribution in [0.15, 0.2) is 16.8 Å². The van der Waals surface area contributed by atoms with Gasteiger partial charge in [-0.2, -0.15) is 11.3 Å². The number of ether oxygens (including phenoxy) is 1. The summed E-state index contributed by atoms with van der Waals surface area (Å²) in [4.78, 5) is 0. The summed E-state index contributed by atoms with van der Waals surface area (Å²) >= 11 is 1.77. The Morgan fingerprint density at radius 1 is 1.35 bits per heavy atom. The van der Waals surface area contributed by atoms with Gasteiger partial charge in [-0.25, -0.2) is 0 Å². The van der Waals surface area contributed by atoms with Crippen molar-refractivity contribution in [2.75, 3.05) is 13.2 Å². The van der Waals surface area contributed by atoms with Gasteiger partial charge >= 0.3 is 0 Å². The van der Waals surface area contributed by atoms with Gasteiger partial charge in [-0.05, 0) is 55.1 Å². The summed E-state index contributed by atoms with van der Waals surface area (Å²) in [6, 6.07) is 2.65. The number of thiophene rings is 1. The van der Waals surface area contributed by atoms with Gasteiger partial charge in [-0.1, -0.05) is 13.8 Å². The van der Waals surface area contributed by atoms with Gasteiger partial charge in [0.15, 0.2) is 0 Å². The Morgan fingerprint density at radius 3 is 2.71 bits per heavy atom. The summed E-state index contributed by atoms with van der Waals surface area (Å²) in [5.41, 5.74) is 1.42. The lowest BCUT2D eigenvalue weighted by atomic mass is 10.0. The molecule has 98 valence electrons. The highest BCUT2D eigenvalue weighted by atomic mass is 32.1. The highest BCUT2D eigenvalue weighted by Gasteiger charge is 2.20. The van der Waals surface area contributed by atoms with Crippen LogP contribution in [0.1, 0.15) is 39.2 Å². The van der Waals surface area contributed by atoms with Gasteiger partial charge in [-0.3, -0.25) is 0 Å². The van der Waals surface area contributed by atoms with E-state index in [4.69, 9.17) is 4.74 Å². The van der Waals surface area contributed by atoms with Crippen molar-refractivity contribution in [1.82, 2.24) is 5.32 Å². The Kier molecular flexibility index (Phi) is 7.49. The minimum absolute atomic E-state index is 0.325. The monoisotopic (exact) mass is 255 g/mol. The van der Waals surface area contributed by atoms with Crippen LogP contribution in [-0.4, -0.2) is 25.3 Å². The summed E-state index contributed by atoms with van der Waals surface area (Å²) in [5.74, 6) is 0. The molecule has 2 unspecified atom stereocenters. The van der Waals surface area contributed by atoms with E-state index in [2.05, 4.69) is 42.9 Å². The van der Waals surface area contributed by atoms with Gasteiger partial charge in [0.25, 0.3) is 0 Å². The van der Waals surface area contributed by atoms with Crippen molar-refractivity contribution in [3.63, 3.8) is 0 Å². The van der Waals surface area contributed by atoms with Gasteiger partial charge in [0.05, 0.1) is 6.10 Å². The molecule has 0 radical (unpaired) electrons. The highest BCUT2D eigenvalue weighted by Crippen LogP contribution is 2.14. The summed E-state index contributed by atoms with van der Waals surface area (Å²) < 4.78 is 5.84. The molecule has 0 aliphatic carbocycles.